The van der Waals surface area contributed by atoms with Gasteiger partial charge < -0.3 is 5.32 Å². The number of likely N-dealkylation sites (N-methyl/N-ethyl adjacent to an activating group) is 1. The third kappa shape index (κ3) is 3.80. The van der Waals surface area contributed by atoms with Crippen LogP contribution in [-0.4, -0.2) is 49.0 Å². The lowest BCUT2D eigenvalue weighted by molar-refractivity contribution is -0.121. The second-order valence-corrected chi connectivity index (χ2v) is 7.20. The quantitative estimate of drug-likeness (QED) is 0.796. The molecule has 0 saturated carbocycles. The van der Waals surface area contributed by atoms with Crippen molar-refractivity contribution in [2.24, 2.45) is 5.92 Å². The Morgan fingerprint density at radius 1 is 1.40 bits per heavy atom. The van der Waals surface area contributed by atoms with Gasteiger partial charge in [-0.25, -0.2) is 8.42 Å². The Morgan fingerprint density at radius 3 is 2.45 bits per heavy atom. The van der Waals surface area contributed by atoms with E-state index < -0.39 is 10.0 Å². The summed E-state index contributed by atoms with van der Waals surface area (Å²) in [4.78, 5) is 11.8. The number of aromatic amines is 1. The van der Waals surface area contributed by atoms with Crippen LogP contribution in [0, 0.1) is 19.8 Å². The van der Waals surface area contributed by atoms with Gasteiger partial charge in [0.1, 0.15) is 4.90 Å². The smallest absolute Gasteiger partial charge is 0.246 e. The number of nitrogens with one attached hydrogen (secondary N) is 2. The van der Waals surface area contributed by atoms with Crippen molar-refractivity contribution in [1.82, 2.24) is 19.8 Å². The molecule has 0 spiro atoms. The van der Waals surface area contributed by atoms with Gasteiger partial charge in [-0.2, -0.15) is 9.40 Å². The number of H-pyrrole nitrogens is 1. The fourth-order valence-electron chi connectivity index (χ4n) is 1.74. The summed E-state index contributed by atoms with van der Waals surface area (Å²) in [5.74, 6) is 0.00259. The molecule has 0 atom stereocenters. The third-order valence-electron chi connectivity index (χ3n) is 2.80. The second kappa shape index (κ2) is 6.36. The van der Waals surface area contributed by atoms with Crippen LogP contribution in [0.3, 0.4) is 0 Å². The van der Waals surface area contributed by atoms with Gasteiger partial charge in [0.15, 0.2) is 0 Å². The number of aromatic nitrogens is 2. The normalized spacial score (nSPS) is 12.2. The van der Waals surface area contributed by atoms with Gasteiger partial charge in [0.2, 0.25) is 15.9 Å². The zero-order valence-electron chi connectivity index (χ0n) is 12.5. The molecule has 114 valence electrons. The Bertz CT molecular complexity index is 558. The molecule has 7 nitrogen and oxygen atoms in total. The highest BCUT2D eigenvalue weighted by Gasteiger charge is 2.28. The van der Waals surface area contributed by atoms with Crippen molar-refractivity contribution < 1.29 is 13.2 Å². The fraction of sp³-hybridized carbons (Fsp3) is 0.667. The van der Waals surface area contributed by atoms with Crippen molar-refractivity contribution in [1.29, 1.82) is 0 Å². The summed E-state index contributed by atoms with van der Waals surface area (Å²) in [5.41, 5.74) is 0.869. The van der Waals surface area contributed by atoms with Gasteiger partial charge in [0.05, 0.1) is 17.9 Å². The molecule has 0 saturated heterocycles. The number of hydrogen-bond donors (Lipinski definition) is 2. The van der Waals surface area contributed by atoms with E-state index in [0.29, 0.717) is 23.9 Å². The maximum atomic E-state index is 12.4. The Kier molecular flexibility index (Phi) is 5.29. The second-order valence-electron chi connectivity index (χ2n) is 5.22. The molecule has 0 aliphatic heterocycles. The summed E-state index contributed by atoms with van der Waals surface area (Å²) in [6.45, 7) is 7.51. The van der Waals surface area contributed by atoms with E-state index in [-0.39, 0.29) is 17.3 Å². The van der Waals surface area contributed by atoms with Gasteiger partial charge in [-0.15, -0.1) is 0 Å². The van der Waals surface area contributed by atoms with E-state index in [2.05, 4.69) is 15.5 Å². The molecular weight excluding hydrogens is 280 g/mol. The van der Waals surface area contributed by atoms with E-state index in [1.54, 1.807) is 13.8 Å². The molecule has 0 fully saturated rings. The Morgan fingerprint density at radius 2 is 2.00 bits per heavy atom. The Hall–Kier alpha value is -1.41. The number of sulfonamides is 1. The van der Waals surface area contributed by atoms with Crippen molar-refractivity contribution in [3.63, 3.8) is 0 Å². The zero-order chi connectivity index (χ0) is 15.5. The Balaban J connectivity index is 2.81. The average Bonchev–Trinajstić information content (AvgIpc) is 2.66. The standard InChI is InChI=1S/C12H22N4O3S/c1-8(2)6-13-11(17)7-16(5)20(18,19)12-9(3)14-15-10(12)4/h8H,6-7H2,1-5H3,(H,13,17)(H,14,15). The Labute approximate surface area is 119 Å². The van der Waals surface area contributed by atoms with Crippen molar-refractivity contribution in [3.05, 3.63) is 11.4 Å². The molecule has 1 aromatic heterocycles. The molecule has 0 aliphatic rings. The molecule has 20 heavy (non-hydrogen) atoms. The minimum atomic E-state index is -3.71. The number of hydrogen-bond acceptors (Lipinski definition) is 4. The topological polar surface area (TPSA) is 95.2 Å². The molecule has 0 aromatic carbocycles. The third-order valence-corrected chi connectivity index (χ3v) is 4.87. The molecule has 1 aromatic rings. The minimum Gasteiger partial charge on any atom is -0.355 e. The molecule has 2 N–H and O–H groups in total. The largest absolute Gasteiger partial charge is 0.355 e. The monoisotopic (exact) mass is 302 g/mol. The van der Waals surface area contributed by atoms with Crippen LogP contribution in [0.15, 0.2) is 4.90 Å². The van der Waals surface area contributed by atoms with Crippen LogP contribution in [0.2, 0.25) is 0 Å². The SMILES string of the molecule is Cc1n[nH]c(C)c1S(=O)(=O)N(C)CC(=O)NCC(C)C. The molecule has 0 aliphatic carbocycles. The molecule has 0 unspecified atom stereocenters. The zero-order valence-corrected chi connectivity index (χ0v) is 13.3. The van der Waals surface area contributed by atoms with E-state index in [9.17, 15) is 13.2 Å². The van der Waals surface area contributed by atoms with Gasteiger partial charge in [-0.05, 0) is 19.8 Å². The van der Waals surface area contributed by atoms with Gasteiger partial charge in [-0.3, -0.25) is 9.89 Å². The van der Waals surface area contributed by atoms with E-state index in [1.807, 2.05) is 13.8 Å². The van der Waals surface area contributed by atoms with Crippen molar-refractivity contribution in [2.45, 2.75) is 32.6 Å². The number of carbonyl (C=O) groups is 1. The van der Waals surface area contributed by atoms with Crippen LogP contribution >= 0.6 is 0 Å². The van der Waals surface area contributed by atoms with Crippen molar-refractivity contribution >= 4 is 15.9 Å². The first kappa shape index (κ1) is 16.6. The van der Waals surface area contributed by atoms with Crippen molar-refractivity contribution in [3.8, 4) is 0 Å². The predicted molar refractivity (Wildman–Crippen MR) is 75.7 cm³/mol. The van der Waals surface area contributed by atoms with E-state index in [1.165, 1.54) is 7.05 Å². The maximum Gasteiger partial charge on any atom is 0.246 e. The summed E-state index contributed by atoms with van der Waals surface area (Å²) in [6.07, 6.45) is 0. The lowest BCUT2D eigenvalue weighted by Gasteiger charge is -2.17. The molecular formula is C12H22N4O3S. The highest BCUT2D eigenvalue weighted by molar-refractivity contribution is 7.89. The number of rotatable bonds is 6. The van der Waals surface area contributed by atoms with Gasteiger partial charge in [0, 0.05) is 13.6 Å². The minimum absolute atomic E-state index is 0.136. The number of aryl methyl sites for hydroxylation is 2. The summed E-state index contributed by atoms with van der Waals surface area (Å²) < 4.78 is 25.8. The molecule has 0 radical (unpaired) electrons. The van der Waals surface area contributed by atoms with E-state index >= 15 is 0 Å². The van der Waals surface area contributed by atoms with Crippen LogP contribution in [0.5, 0.6) is 0 Å². The van der Waals surface area contributed by atoms with Gasteiger partial charge in [-0.1, -0.05) is 13.8 Å². The first-order chi connectivity index (χ1) is 9.16. The molecule has 1 heterocycles. The van der Waals surface area contributed by atoms with Crippen LogP contribution in [0.25, 0.3) is 0 Å². The summed E-state index contributed by atoms with van der Waals surface area (Å²) in [5, 5.41) is 9.20. The average molecular weight is 302 g/mol. The molecule has 1 amide bonds. The van der Waals surface area contributed by atoms with E-state index in [4.69, 9.17) is 0 Å². The van der Waals surface area contributed by atoms with Crippen molar-refractivity contribution in [2.75, 3.05) is 20.1 Å². The van der Waals surface area contributed by atoms with E-state index in [0.717, 1.165) is 4.31 Å². The summed E-state index contributed by atoms with van der Waals surface area (Å²) in [7, 11) is -2.33. The van der Waals surface area contributed by atoms with Crippen LogP contribution in [0.1, 0.15) is 25.2 Å². The first-order valence-electron chi connectivity index (χ1n) is 6.40. The van der Waals surface area contributed by atoms with Crippen LogP contribution in [0.4, 0.5) is 0 Å². The van der Waals surface area contributed by atoms with Gasteiger partial charge >= 0.3 is 0 Å². The van der Waals surface area contributed by atoms with Gasteiger partial charge in [0.25, 0.3) is 0 Å². The molecule has 0 bridgehead atoms. The molecule has 8 heteroatoms. The van der Waals surface area contributed by atoms with Crippen LogP contribution in [-0.2, 0) is 14.8 Å². The maximum absolute atomic E-state index is 12.4. The summed E-state index contributed by atoms with van der Waals surface area (Å²) >= 11 is 0. The predicted octanol–water partition coefficient (Wildman–Crippen LogP) is 0.419. The molecule has 1 rings (SSSR count). The number of carbonyl (C=O) groups excluding carboxylic acids is 1. The first-order valence-corrected chi connectivity index (χ1v) is 7.84. The highest BCUT2D eigenvalue weighted by atomic mass is 32.2. The lowest BCUT2D eigenvalue weighted by Crippen LogP contribution is -2.39. The summed E-state index contributed by atoms with van der Waals surface area (Å²) in [6, 6.07) is 0. The number of amides is 1. The highest BCUT2D eigenvalue weighted by Crippen LogP contribution is 2.20. The van der Waals surface area contributed by atoms with Crippen LogP contribution < -0.4 is 5.32 Å². The number of nitrogens with zero attached hydrogens (tertiary/aromatic N) is 2. The fourth-order valence-corrected chi connectivity index (χ4v) is 3.19. The lowest BCUT2D eigenvalue weighted by atomic mass is 10.2.